The Labute approximate surface area is 137 Å². The van der Waals surface area contributed by atoms with Crippen molar-refractivity contribution in [1.29, 1.82) is 0 Å². The molecule has 3 aliphatic rings. The summed E-state index contributed by atoms with van der Waals surface area (Å²) in [5, 5.41) is 3.08. The van der Waals surface area contributed by atoms with Crippen LogP contribution in [0.4, 0.5) is 0 Å². The number of allylic oxidation sites excluding steroid dienone is 2. The number of aliphatic imine (C=N–C) groups is 1. The molecule has 1 aromatic rings. The molecule has 1 amide bonds. The van der Waals surface area contributed by atoms with E-state index < -0.39 is 0 Å². The number of amides is 1. The zero-order chi connectivity index (χ0) is 15.8. The van der Waals surface area contributed by atoms with Gasteiger partial charge in [0.2, 0.25) is 5.91 Å². The average Bonchev–Trinajstić information content (AvgIpc) is 3.36. The Hall–Kier alpha value is -2.16. The van der Waals surface area contributed by atoms with Gasteiger partial charge in [-0.25, -0.2) is 0 Å². The van der Waals surface area contributed by atoms with Crippen molar-refractivity contribution < 1.29 is 4.79 Å². The van der Waals surface area contributed by atoms with E-state index in [9.17, 15) is 4.79 Å². The van der Waals surface area contributed by atoms with Gasteiger partial charge in [0.1, 0.15) is 5.84 Å². The fourth-order valence-corrected chi connectivity index (χ4v) is 3.56. The van der Waals surface area contributed by atoms with Crippen LogP contribution in [0.5, 0.6) is 0 Å². The molecule has 1 saturated carbocycles. The third-order valence-electron chi connectivity index (χ3n) is 5.10. The number of nitrogens with zero attached hydrogens (tertiary/aromatic N) is 1. The molecule has 2 aliphatic carbocycles. The second-order valence-electron chi connectivity index (χ2n) is 6.85. The summed E-state index contributed by atoms with van der Waals surface area (Å²) >= 11 is 0. The van der Waals surface area contributed by atoms with Gasteiger partial charge in [-0.3, -0.25) is 9.79 Å². The molecule has 1 aromatic carbocycles. The first-order valence-corrected chi connectivity index (χ1v) is 8.50. The minimum absolute atomic E-state index is 0.114. The molecule has 0 radical (unpaired) electrons. The number of rotatable bonds is 2. The maximum absolute atomic E-state index is 12.5. The van der Waals surface area contributed by atoms with Crippen molar-refractivity contribution in [3.8, 4) is 0 Å². The number of benzene rings is 1. The minimum Gasteiger partial charge on any atom is -0.314 e. The quantitative estimate of drug-likeness (QED) is 0.890. The summed E-state index contributed by atoms with van der Waals surface area (Å²) in [6.45, 7) is 2.09. The van der Waals surface area contributed by atoms with Gasteiger partial charge in [-0.15, -0.1) is 0 Å². The lowest BCUT2D eigenvalue weighted by molar-refractivity contribution is -0.121. The third kappa shape index (κ3) is 3.00. The van der Waals surface area contributed by atoms with Gasteiger partial charge in [-0.1, -0.05) is 48.1 Å². The van der Waals surface area contributed by atoms with Crippen molar-refractivity contribution in [3.05, 3.63) is 59.2 Å². The molecule has 23 heavy (non-hydrogen) atoms. The highest BCUT2D eigenvalue weighted by Crippen LogP contribution is 2.47. The first-order chi connectivity index (χ1) is 11.2. The number of carbonyl (C=O) groups is 1. The Balaban J connectivity index is 1.38. The fraction of sp³-hybridized carbons (Fsp3) is 0.400. The van der Waals surface area contributed by atoms with Crippen LogP contribution in [0.15, 0.2) is 53.1 Å². The van der Waals surface area contributed by atoms with Crippen molar-refractivity contribution in [2.75, 3.05) is 0 Å². The Kier molecular flexibility index (Phi) is 3.64. The van der Waals surface area contributed by atoms with Gasteiger partial charge in [0, 0.05) is 12.3 Å². The standard InChI is InChI=1S/C20H22N2O/c1-13-6-8-14(9-7-13)16-12-17(16)20(23)22-19-11-10-15-4-2-3-5-18(15)21-19/h2-4,6-9,16-18H,5,10-12H2,1H3,(H,21,22,23). The Morgan fingerprint density at radius 1 is 1.22 bits per heavy atom. The molecule has 3 nitrogen and oxygen atoms in total. The number of hydrogen-bond donors (Lipinski definition) is 1. The van der Waals surface area contributed by atoms with E-state index in [-0.39, 0.29) is 17.9 Å². The normalized spacial score (nSPS) is 28.5. The summed E-state index contributed by atoms with van der Waals surface area (Å²) in [5.74, 6) is 1.52. The second kappa shape index (κ2) is 5.80. The highest BCUT2D eigenvalue weighted by atomic mass is 16.2. The first kappa shape index (κ1) is 14.4. The Bertz CT molecular complexity index is 712. The van der Waals surface area contributed by atoms with E-state index in [2.05, 4.69) is 54.7 Å². The van der Waals surface area contributed by atoms with Crippen LogP contribution in [0.25, 0.3) is 0 Å². The van der Waals surface area contributed by atoms with E-state index >= 15 is 0 Å². The van der Waals surface area contributed by atoms with Crippen LogP contribution in [0, 0.1) is 12.8 Å². The molecule has 0 spiro atoms. The van der Waals surface area contributed by atoms with E-state index in [4.69, 9.17) is 4.99 Å². The molecule has 3 atom stereocenters. The lowest BCUT2D eigenvalue weighted by Crippen LogP contribution is -2.35. The van der Waals surface area contributed by atoms with Gasteiger partial charge in [0.15, 0.2) is 0 Å². The van der Waals surface area contributed by atoms with E-state index in [0.29, 0.717) is 5.92 Å². The molecule has 1 N–H and O–H groups in total. The predicted octanol–water partition coefficient (Wildman–Crippen LogP) is 3.66. The van der Waals surface area contributed by atoms with Gasteiger partial charge in [0.25, 0.3) is 0 Å². The molecular weight excluding hydrogens is 284 g/mol. The smallest absolute Gasteiger partial charge is 0.229 e. The molecule has 0 bridgehead atoms. The van der Waals surface area contributed by atoms with Gasteiger partial charge >= 0.3 is 0 Å². The SMILES string of the molecule is Cc1ccc(C2CC2C(=O)NC2=NC3CC=CC=C3CC2)cc1. The van der Waals surface area contributed by atoms with Crippen LogP contribution in [-0.4, -0.2) is 17.8 Å². The van der Waals surface area contributed by atoms with Gasteiger partial charge in [-0.2, -0.15) is 0 Å². The fourth-order valence-electron chi connectivity index (χ4n) is 3.56. The molecule has 1 heterocycles. The van der Waals surface area contributed by atoms with Crippen molar-refractivity contribution >= 4 is 11.7 Å². The molecule has 3 heteroatoms. The largest absolute Gasteiger partial charge is 0.314 e. The predicted molar refractivity (Wildman–Crippen MR) is 92.5 cm³/mol. The van der Waals surface area contributed by atoms with Crippen molar-refractivity contribution in [2.45, 2.75) is 44.6 Å². The lowest BCUT2D eigenvalue weighted by atomic mass is 9.92. The van der Waals surface area contributed by atoms with Crippen molar-refractivity contribution in [1.82, 2.24) is 5.32 Å². The third-order valence-corrected chi connectivity index (χ3v) is 5.10. The average molecular weight is 306 g/mol. The molecule has 0 saturated heterocycles. The first-order valence-electron chi connectivity index (χ1n) is 8.50. The van der Waals surface area contributed by atoms with Gasteiger partial charge in [0.05, 0.1) is 6.04 Å². The monoisotopic (exact) mass is 306 g/mol. The molecule has 1 fully saturated rings. The topological polar surface area (TPSA) is 41.5 Å². The molecule has 118 valence electrons. The number of aryl methyl sites for hydroxylation is 1. The maximum atomic E-state index is 12.5. The van der Waals surface area contributed by atoms with E-state index in [1.165, 1.54) is 16.7 Å². The summed E-state index contributed by atoms with van der Waals surface area (Å²) < 4.78 is 0. The molecule has 1 aliphatic heterocycles. The molecule has 3 unspecified atom stereocenters. The summed E-state index contributed by atoms with van der Waals surface area (Å²) in [5.41, 5.74) is 3.94. The molecule has 0 aromatic heterocycles. The van der Waals surface area contributed by atoms with Crippen LogP contribution in [0.1, 0.15) is 42.7 Å². The van der Waals surface area contributed by atoms with Crippen LogP contribution in [-0.2, 0) is 4.79 Å². The van der Waals surface area contributed by atoms with Crippen molar-refractivity contribution in [2.24, 2.45) is 10.9 Å². The number of carbonyl (C=O) groups excluding carboxylic acids is 1. The van der Waals surface area contributed by atoms with Crippen LogP contribution in [0.2, 0.25) is 0 Å². The number of fused-ring (bicyclic) bond motifs is 1. The number of hydrogen-bond acceptors (Lipinski definition) is 2. The zero-order valence-corrected chi connectivity index (χ0v) is 13.5. The van der Waals surface area contributed by atoms with E-state index in [0.717, 1.165) is 31.5 Å². The van der Waals surface area contributed by atoms with E-state index in [1.807, 2.05) is 0 Å². The summed E-state index contributed by atoms with van der Waals surface area (Å²) in [4.78, 5) is 17.2. The Morgan fingerprint density at radius 3 is 2.87 bits per heavy atom. The van der Waals surface area contributed by atoms with Gasteiger partial charge < -0.3 is 5.32 Å². The number of nitrogens with one attached hydrogen (secondary N) is 1. The summed E-state index contributed by atoms with van der Waals surface area (Å²) in [7, 11) is 0. The maximum Gasteiger partial charge on any atom is 0.229 e. The highest BCUT2D eigenvalue weighted by Gasteiger charge is 2.44. The zero-order valence-electron chi connectivity index (χ0n) is 13.5. The van der Waals surface area contributed by atoms with Gasteiger partial charge in [-0.05, 0) is 43.2 Å². The van der Waals surface area contributed by atoms with Crippen molar-refractivity contribution in [3.63, 3.8) is 0 Å². The Morgan fingerprint density at radius 2 is 2.04 bits per heavy atom. The minimum atomic E-state index is 0.114. The van der Waals surface area contributed by atoms with Crippen LogP contribution in [0.3, 0.4) is 0 Å². The van der Waals surface area contributed by atoms with E-state index in [1.54, 1.807) is 0 Å². The summed E-state index contributed by atoms with van der Waals surface area (Å²) in [6.07, 6.45) is 10.2. The van der Waals surface area contributed by atoms with Crippen LogP contribution < -0.4 is 5.32 Å². The van der Waals surface area contributed by atoms with Crippen LogP contribution >= 0.6 is 0 Å². The molecular formula is C20H22N2O. The lowest BCUT2D eigenvalue weighted by Gasteiger charge is -2.24. The highest BCUT2D eigenvalue weighted by molar-refractivity contribution is 6.01. The number of amidine groups is 1. The summed E-state index contributed by atoms with van der Waals surface area (Å²) in [6, 6.07) is 8.79. The second-order valence-corrected chi connectivity index (χ2v) is 6.85. The molecule has 4 rings (SSSR count).